The largest absolute Gasteiger partial charge is 0.380 e. The number of hydrogen-bond acceptors (Lipinski definition) is 4. The number of guanidine groups is 1. The summed E-state index contributed by atoms with van der Waals surface area (Å²) in [6, 6.07) is 5.12. The molecule has 0 saturated carbocycles. The number of benzene rings is 1. The summed E-state index contributed by atoms with van der Waals surface area (Å²) in [6.45, 7) is 4.87. The predicted octanol–water partition coefficient (Wildman–Crippen LogP) is 2.45. The second-order valence-corrected chi connectivity index (χ2v) is 6.15. The van der Waals surface area contributed by atoms with Crippen molar-refractivity contribution in [3.05, 3.63) is 35.1 Å². The Balaban J connectivity index is 0.00000338. The van der Waals surface area contributed by atoms with Crippen molar-refractivity contribution in [2.24, 2.45) is 4.99 Å². The van der Waals surface area contributed by atoms with Crippen molar-refractivity contribution in [3.63, 3.8) is 0 Å². The van der Waals surface area contributed by atoms with Gasteiger partial charge in [0.15, 0.2) is 5.96 Å². The predicted molar refractivity (Wildman–Crippen MR) is 111 cm³/mol. The van der Waals surface area contributed by atoms with Crippen molar-refractivity contribution in [1.82, 2.24) is 10.6 Å². The third kappa shape index (κ3) is 7.73. The number of nitrogens with one attached hydrogen (secondary N) is 2. The van der Waals surface area contributed by atoms with Crippen LogP contribution in [0.3, 0.4) is 0 Å². The topological polar surface area (TPSA) is 64.1 Å². The summed E-state index contributed by atoms with van der Waals surface area (Å²) in [5, 5.41) is 6.52. The van der Waals surface area contributed by atoms with Gasteiger partial charge in [-0.25, -0.2) is 4.39 Å². The van der Waals surface area contributed by atoms with Crippen LogP contribution in [0.4, 0.5) is 4.39 Å². The maximum Gasteiger partial charge on any atom is 0.191 e. The minimum absolute atomic E-state index is 0. The molecule has 0 aliphatic carbocycles. The molecule has 0 bridgehead atoms. The minimum Gasteiger partial charge on any atom is -0.380 e. The van der Waals surface area contributed by atoms with Gasteiger partial charge in [-0.15, -0.1) is 24.0 Å². The zero-order valence-corrected chi connectivity index (χ0v) is 17.9. The lowest BCUT2D eigenvalue weighted by Crippen LogP contribution is -2.44. The minimum atomic E-state index is -0.255. The van der Waals surface area contributed by atoms with Crippen LogP contribution in [-0.4, -0.2) is 52.1 Å². The zero-order valence-electron chi connectivity index (χ0n) is 15.6. The van der Waals surface area contributed by atoms with Gasteiger partial charge in [0.2, 0.25) is 0 Å². The van der Waals surface area contributed by atoms with Crippen LogP contribution < -0.4 is 10.6 Å². The average molecular weight is 481 g/mol. The number of methoxy groups -OCH3 is 1. The Kier molecular flexibility index (Phi) is 11.0. The van der Waals surface area contributed by atoms with E-state index in [1.807, 2.05) is 6.92 Å². The maximum atomic E-state index is 13.6. The van der Waals surface area contributed by atoms with Crippen LogP contribution in [0.25, 0.3) is 0 Å². The Morgan fingerprint density at radius 2 is 2.27 bits per heavy atom. The van der Waals surface area contributed by atoms with Gasteiger partial charge in [0.05, 0.1) is 25.9 Å². The molecule has 1 aliphatic heterocycles. The monoisotopic (exact) mass is 481 g/mol. The molecule has 2 N–H and O–H groups in total. The Labute approximate surface area is 171 Å². The molecule has 148 valence electrons. The number of hydrogen-bond donors (Lipinski definition) is 2. The number of ether oxygens (including phenoxy) is 3. The molecule has 1 saturated heterocycles. The van der Waals surface area contributed by atoms with Gasteiger partial charge < -0.3 is 24.8 Å². The molecule has 1 fully saturated rings. The SMILES string of the molecule is CN=C(NCc1ccc(F)c(COC)c1)NC(C)COC1CCOC1.I. The standard InChI is InChI=1S/C18H28FN3O3.HI/c1-13(10-25-16-6-7-24-12-16)22-18(20-2)21-9-14-4-5-17(19)15(8-14)11-23-3;/h4-5,8,13,16H,6-7,9-12H2,1-3H3,(H2,20,21,22);1H. The van der Waals surface area contributed by atoms with Crippen LogP contribution in [0.15, 0.2) is 23.2 Å². The Hall–Kier alpha value is -0.970. The summed E-state index contributed by atoms with van der Waals surface area (Å²) in [4.78, 5) is 4.21. The third-order valence-corrected chi connectivity index (χ3v) is 3.95. The van der Waals surface area contributed by atoms with Crippen LogP contribution in [0.5, 0.6) is 0 Å². The van der Waals surface area contributed by atoms with Crippen LogP contribution in [0.1, 0.15) is 24.5 Å². The summed E-state index contributed by atoms with van der Waals surface area (Å²) in [5.74, 6) is 0.422. The average Bonchev–Trinajstić information content (AvgIpc) is 3.13. The first-order valence-electron chi connectivity index (χ1n) is 8.55. The second kappa shape index (κ2) is 12.4. The lowest BCUT2D eigenvalue weighted by molar-refractivity contribution is 0.0347. The van der Waals surface area contributed by atoms with Crippen LogP contribution in [-0.2, 0) is 27.4 Å². The molecule has 0 spiro atoms. The fourth-order valence-corrected chi connectivity index (χ4v) is 2.58. The highest BCUT2D eigenvalue weighted by Gasteiger charge is 2.17. The molecule has 2 rings (SSSR count). The van der Waals surface area contributed by atoms with Crippen molar-refractivity contribution >= 4 is 29.9 Å². The van der Waals surface area contributed by atoms with Gasteiger partial charge in [-0.1, -0.05) is 6.07 Å². The van der Waals surface area contributed by atoms with Gasteiger partial charge in [0, 0.05) is 38.9 Å². The van der Waals surface area contributed by atoms with E-state index in [-0.39, 0.29) is 48.5 Å². The quantitative estimate of drug-likeness (QED) is 0.340. The van der Waals surface area contributed by atoms with Gasteiger partial charge in [-0.3, -0.25) is 4.99 Å². The van der Waals surface area contributed by atoms with Crippen molar-refractivity contribution < 1.29 is 18.6 Å². The molecular weight excluding hydrogens is 452 g/mol. The summed E-state index contributed by atoms with van der Waals surface area (Å²) in [5.41, 5.74) is 1.51. The number of aliphatic imine (C=N–C) groups is 1. The summed E-state index contributed by atoms with van der Waals surface area (Å²) < 4.78 is 29.8. The summed E-state index contributed by atoms with van der Waals surface area (Å²) >= 11 is 0. The van der Waals surface area contributed by atoms with E-state index >= 15 is 0 Å². The van der Waals surface area contributed by atoms with E-state index < -0.39 is 0 Å². The number of nitrogens with zero attached hydrogens (tertiary/aromatic N) is 1. The highest BCUT2D eigenvalue weighted by Crippen LogP contribution is 2.12. The normalized spacial score (nSPS) is 18.3. The Morgan fingerprint density at radius 1 is 1.46 bits per heavy atom. The van der Waals surface area contributed by atoms with Gasteiger partial charge in [0.25, 0.3) is 0 Å². The van der Waals surface area contributed by atoms with Crippen LogP contribution >= 0.6 is 24.0 Å². The summed E-state index contributed by atoms with van der Waals surface area (Å²) in [6.07, 6.45) is 1.14. The molecular formula is C18H29FIN3O3. The number of halogens is 2. The van der Waals surface area contributed by atoms with E-state index in [0.29, 0.717) is 31.3 Å². The molecule has 0 amide bonds. The fourth-order valence-electron chi connectivity index (χ4n) is 2.58. The molecule has 2 unspecified atom stereocenters. The molecule has 2 atom stereocenters. The molecule has 8 heteroatoms. The van der Waals surface area contributed by atoms with Gasteiger partial charge in [0.1, 0.15) is 5.82 Å². The molecule has 1 heterocycles. The first kappa shape index (κ1) is 23.1. The van der Waals surface area contributed by atoms with Crippen LogP contribution in [0.2, 0.25) is 0 Å². The van der Waals surface area contributed by atoms with Crippen molar-refractivity contribution in [2.75, 3.05) is 34.0 Å². The molecule has 1 aliphatic rings. The third-order valence-electron chi connectivity index (χ3n) is 3.95. The van der Waals surface area contributed by atoms with Gasteiger partial charge in [-0.2, -0.15) is 0 Å². The highest BCUT2D eigenvalue weighted by atomic mass is 127. The zero-order chi connectivity index (χ0) is 18.1. The van der Waals surface area contributed by atoms with E-state index in [2.05, 4.69) is 15.6 Å². The first-order valence-corrected chi connectivity index (χ1v) is 8.55. The highest BCUT2D eigenvalue weighted by molar-refractivity contribution is 14.0. The van der Waals surface area contributed by atoms with Crippen LogP contribution in [0, 0.1) is 5.82 Å². The smallest absolute Gasteiger partial charge is 0.191 e. The van der Waals surface area contributed by atoms with E-state index in [1.54, 1.807) is 26.3 Å². The van der Waals surface area contributed by atoms with Gasteiger partial charge >= 0.3 is 0 Å². The molecule has 26 heavy (non-hydrogen) atoms. The summed E-state index contributed by atoms with van der Waals surface area (Å²) in [7, 11) is 3.27. The van der Waals surface area contributed by atoms with E-state index in [0.717, 1.165) is 18.6 Å². The molecule has 6 nitrogen and oxygen atoms in total. The lowest BCUT2D eigenvalue weighted by Gasteiger charge is -2.20. The molecule has 0 aromatic heterocycles. The Morgan fingerprint density at radius 3 is 2.92 bits per heavy atom. The molecule has 1 aromatic rings. The van der Waals surface area contributed by atoms with E-state index in [1.165, 1.54) is 6.07 Å². The van der Waals surface area contributed by atoms with Crippen molar-refractivity contribution in [2.45, 2.75) is 38.6 Å². The first-order chi connectivity index (χ1) is 12.1. The fraction of sp³-hybridized carbons (Fsp3) is 0.611. The van der Waals surface area contributed by atoms with Gasteiger partial charge in [-0.05, 0) is 31.0 Å². The Bertz CT molecular complexity index is 569. The second-order valence-electron chi connectivity index (χ2n) is 6.15. The van der Waals surface area contributed by atoms with Crippen molar-refractivity contribution in [3.8, 4) is 0 Å². The lowest BCUT2D eigenvalue weighted by atomic mass is 10.1. The van der Waals surface area contributed by atoms with Crippen molar-refractivity contribution in [1.29, 1.82) is 0 Å². The molecule has 1 aromatic carbocycles. The van der Waals surface area contributed by atoms with E-state index in [4.69, 9.17) is 14.2 Å². The molecule has 0 radical (unpaired) electrons. The van der Waals surface area contributed by atoms with E-state index in [9.17, 15) is 4.39 Å². The number of rotatable bonds is 8. The maximum absolute atomic E-state index is 13.6.